The molecule has 1 heterocycles. The Bertz CT molecular complexity index is 435. The molecule has 6 heteroatoms. The molecule has 1 aromatic rings. The van der Waals surface area contributed by atoms with Gasteiger partial charge >= 0.3 is 5.97 Å². The molecular formula is C13H21N3O3. The van der Waals surface area contributed by atoms with Crippen LogP contribution in [0.5, 0.6) is 0 Å². The Morgan fingerprint density at radius 3 is 2.68 bits per heavy atom. The van der Waals surface area contributed by atoms with Crippen molar-refractivity contribution in [2.45, 2.75) is 39.7 Å². The number of carbonyl (C=O) groups is 1. The van der Waals surface area contributed by atoms with Gasteiger partial charge in [0.25, 0.3) is 0 Å². The number of carboxylic acids is 1. The molecular weight excluding hydrogens is 246 g/mol. The molecule has 1 atom stereocenters. The molecule has 6 nitrogen and oxygen atoms in total. The fourth-order valence-corrected chi connectivity index (χ4v) is 1.54. The van der Waals surface area contributed by atoms with Crippen LogP contribution in [0.4, 0.5) is 5.69 Å². The van der Waals surface area contributed by atoms with Gasteiger partial charge in [-0.15, -0.1) is 0 Å². The molecule has 0 radical (unpaired) electrons. The molecule has 0 aromatic carbocycles. The average molecular weight is 267 g/mol. The van der Waals surface area contributed by atoms with Gasteiger partial charge in [0.2, 0.25) is 0 Å². The second-order valence-corrected chi connectivity index (χ2v) is 4.66. The van der Waals surface area contributed by atoms with Gasteiger partial charge in [-0.05, 0) is 13.8 Å². The predicted octanol–water partition coefficient (Wildman–Crippen LogP) is 2.14. The van der Waals surface area contributed by atoms with E-state index in [4.69, 9.17) is 4.74 Å². The smallest absolute Gasteiger partial charge is 0.356 e. The van der Waals surface area contributed by atoms with Crippen molar-refractivity contribution in [2.24, 2.45) is 0 Å². The lowest BCUT2D eigenvalue weighted by atomic mass is 10.2. The van der Waals surface area contributed by atoms with Crippen LogP contribution in [0.25, 0.3) is 0 Å². The Balaban J connectivity index is 2.91. The van der Waals surface area contributed by atoms with Gasteiger partial charge in [0, 0.05) is 18.6 Å². The standard InChI is InChI=1S/C13H21N3O3/c1-5-19-7-9(4)15-10-6-14-12(8(2)3)16-11(10)13(17)18/h6,8-9,15H,5,7H2,1-4H3,(H,17,18). The SMILES string of the molecule is CCOCC(C)Nc1cnc(C(C)C)nc1C(=O)O. The van der Waals surface area contributed by atoms with Gasteiger partial charge < -0.3 is 15.2 Å². The number of aromatic nitrogens is 2. The molecule has 0 aliphatic heterocycles. The van der Waals surface area contributed by atoms with Crippen molar-refractivity contribution < 1.29 is 14.6 Å². The maximum absolute atomic E-state index is 11.2. The van der Waals surface area contributed by atoms with E-state index in [0.717, 1.165) is 0 Å². The summed E-state index contributed by atoms with van der Waals surface area (Å²) in [7, 11) is 0. The number of nitrogens with one attached hydrogen (secondary N) is 1. The Labute approximate surface area is 113 Å². The van der Waals surface area contributed by atoms with Crippen LogP contribution >= 0.6 is 0 Å². The summed E-state index contributed by atoms with van der Waals surface area (Å²) in [6.45, 7) is 8.80. The van der Waals surface area contributed by atoms with Crippen molar-refractivity contribution in [1.29, 1.82) is 0 Å². The number of nitrogens with zero attached hydrogens (tertiary/aromatic N) is 2. The predicted molar refractivity (Wildman–Crippen MR) is 72.7 cm³/mol. The van der Waals surface area contributed by atoms with Crippen LogP contribution in [0.2, 0.25) is 0 Å². The zero-order valence-corrected chi connectivity index (χ0v) is 11.8. The Kier molecular flexibility index (Phi) is 5.69. The molecule has 0 bridgehead atoms. The van der Waals surface area contributed by atoms with Crippen LogP contribution in [-0.4, -0.2) is 40.3 Å². The van der Waals surface area contributed by atoms with E-state index in [1.165, 1.54) is 6.20 Å². The lowest BCUT2D eigenvalue weighted by molar-refractivity contribution is 0.0690. The van der Waals surface area contributed by atoms with Gasteiger partial charge in [0.15, 0.2) is 5.69 Å². The van der Waals surface area contributed by atoms with Crippen molar-refractivity contribution in [3.63, 3.8) is 0 Å². The minimum atomic E-state index is -1.06. The highest BCUT2D eigenvalue weighted by molar-refractivity contribution is 5.91. The third kappa shape index (κ3) is 4.48. The van der Waals surface area contributed by atoms with Crippen molar-refractivity contribution in [1.82, 2.24) is 9.97 Å². The van der Waals surface area contributed by atoms with Crippen LogP contribution in [0.15, 0.2) is 6.20 Å². The van der Waals surface area contributed by atoms with Gasteiger partial charge in [-0.25, -0.2) is 14.8 Å². The molecule has 0 saturated heterocycles. The Morgan fingerprint density at radius 1 is 1.47 bits per heavy atom. The van der Waals surface area contributed by atoms with E-state index >= 15 is 0 Å². The summed E-state index contributed by atoms with van der Waals surface area (Å²) in [6, 6.07) is -0.00782. The molecule has 0 aliphatic carbocycles. The Morgan fingerprint density at radius 2 is 2.16 bits per heavy atom. The van der Waals surface area contributed by atoms with E-state index in [1.807, 2.05) is 27.7 Å². The lowest BCUT2D eigenvalue weighted by Crippen LogP contribution is -2.24. The molecule has 19 heavy (non-hydrogen) atoms. The summed E-state index contributed by atoms with van der Waals surface area (Å²) in [5.41, 5.74) is 0.422. The van der Waals surface area contributed by atoms with E-state index in [9.17, 15) is 9.90 Å². The summed E-state index contributed by atoms with van der Waals surface area (Å²) < 4.78 is 5.28. The second-order valence-electron chi connectivity index (χ2n) is 4.66. The van der Waals surface area contributed by atoms with Crippen LogP contribution < -0.4 is 5.32 Å². The first-order valence-electron chi connectivity index (χ1n) is 6.40. The number of ether oxygens (including phenoxy) is 1. The summed E-state index contributed by atoms with van der Waals surface area (Å²) in [5, 5.41) is 12.3. The Hall–Kier alpha value is -1.69. The van der Waals surface area contributed by atoms with E-state index in [2.05, 4.69) is 15.3 Å². The molecule has 2 N–H and O–H groups in total. The molecule has 0 saturated carbocycles. The molecule has 0 spiro atoms. The normalized spacial score (nSPS) is 12.5. The van der Waals surface area contributed by atoms with Gasteiger partial charge in [0.1, 0.15) is 5.82 Å². The van der Waals surface area contributed by atoms with Gasteiger partial charge in [0.05, 0.1) is 18.5 Å². The molecule has 1 rings (SSSR count). The lowest BCUT2D eigenvalue weighted by Gasteiger charge is -2.16. The number of anilines is 1. The van der Waals surface area contributed by atoms with Crippen LogP contribution in [-0.2, 0) is 4.74 Å². The summed E-state index contributed by atoms with van der Waals surface area (Å²) in [4.78, 5) is 19.5. The van der Waals surface area contributed by atoms with Crippen LogP contribution in [0.1, 0.15) is 49.9 Å². The first-order valence-corrected chi connectivity index (χ1v) is 6.40. The van der Waals surface area contributed by atoms with E-state index in [1.54, 1.807) is 0 Å². The second kappa shape index (κ2) is 7.04. The quantitative estimate of drug-likeness (QED) is 0.787. The number of aromatic carboxylic acids is 1. The molecule has 1 aromatic heterocycles. The minimum Gasteiger partial charge on any atom is -0.476 e. The van der Waals surface area contributed by atoms with Crippen molar-refractivity contribution >= 4 is 11.7 Å². The van der Waals surface area contributed by atoms with E-state index in [-0.39, 0.29) is 17.7 Å². The van der Waals surface area contributed by atoms with Crippen molar-refractivity contribution in [3.8, 4) is 0 Å². The highest BCUT2D eigenvalue weighted by Crippen LogP contribution is 2.17. The number of carboxylic acid groups (broad SMARTS) is 1. The average Bonchev–Trinajstić information content (AvgIpc) is 2.36. The highest BCUT2D eigenvalue weighted by Gasteiger charge is 2.16. The highest BCUT2D eigenvalue weighted by atomic mass is 16.5. The zero-order valence-electron chi connectivity index (χ0n) is 11.8. The third-order valence-electron chi connectivity index (χ3n) is 2.50. The molecule has 0 fully saturated rings. The molecule has 106 valence electrons. The summed E-state index contributed by atoms with van der Waals surface area (Å²) >= 11 is 0. The van der Waals surface area contributed by atoms with E-state index in [0.29, 0.717) is 24.7 Å². The topological polar surface area (TPSA) is 84.3 Å². The molecule has 0 aliphatic rings. The fraction of sp³-hybridized carbons (Fsp3) is 0.615. The monoisotopic (exact) mass is 267 g/mol. The van der Waals surface area contributed by atoms with Gasteiger partial charge in [-0.1, -0.05) is 13.8 Å². The largest absolute Gasteiger partial charge is 0.476 e. The zero-order chi connectivity index (χ0) is 14.4. The number of hydrogen-bond acceptors (Lipinski definition) is 5. The fourth-order valence-electron chi connectivity index (χ4n) is 1.54. The van der Waals surface area contributed by atoms with Crippen molar-refractivity contribution in [3.05, 3.63) is 17.7 Å². The number of rotatable bonds is 7. The summed E-state index contributed by atoms with van der Waals surface area (Å²) in [6.07, 6.45) is 1.52. The first-order chi connectivity index (χ1) is 8.95. The first kappa shape index (κ1) is 15.4. The third-order valence-corrected chi connectivity index (χ3v) is 2.50. The van der Waals surface area contributed by atoms with Crippen LogP contribution in [0.3, 0.4) is 0 Å². The maximum Gasteiger partial charge on any atom is 0.356 e. The summed E-state index contributed by atoms with van der Waals surface area (Å²) in [5.74, 6) is -0.441. The van der Waals surface area contributed by atoms with Crippen molar-refractivity contribution in [2.75, 3.05) is 18.5 Å². The maximum atomic E-state index is 11.2. The number of hydrogen-bond donors (Lipinski definition) is 2. The molecule has 0 amide bonds. The minimum absolute atomic E-state index is 0.00190. The van der Waals surface area contributed by atoms with Crippen LogP contribution in [0, 0.1) is 0 Å². The van der Waals surface area contributed by atoms with Gasteiger partial charge in [-0.3, -0.25) is 0 Å². The van der Waals surface area contributed by atoms with Gasteiger partial charge in [-0.2, -0.15) is 0 Å². The molecule has 1 unspecified atom stereocenters. The van der Waals surface area contributed by atoms with E-state index < -0.39 is 5.97 Å².